The highest BCUT2D eigenvalue weighted by atomic mass is 16.7. The van der Waals surface area contributed by atoms with Crippen LogP contribution in [-0.2, 0) is 9.53 Å². The van der Waals surface area contributed by atoms with E-state index in [0.717, 1.165) is 36.3 Å². The fourth-order valence-electron chi connectivity index (χ4n) is 4.55. The van der Waals surface area contributed by atoms with Crippen molar-refractivity contribution < 1.29 is 19.0 Å². The molecule has 4 rings (SSSR count). The molecule has 2 aromatic rings. The van der Waals surface area contributed by atoms with Crippen LogP contribution in [0.1, 0.15) is 70.8 Å². The van der Waals surface area contributed by atoms with Crippen molar-refractivity contribution >= 4 is 11.6 Å². The van der Waals surface area contributed by atoms with Crippen molar-refractivity contribution in [2.24, 2.45) is 0 Å². The van der Waals surface area contributed by atoms with Crippen LogP contribution >= 0.6 is 0 Å². The van der Waals surface area contributed by atoms with Gasteiger partial charge in [0.05, 0.1) is 12.0 Å². The molecule has 2 unspecified atom stereocenters. The molecule has 1 N–H and O–H groups in total. The lowest BCUT2D eigenvalue weighted by atomic mass is 9.83. The van der Waals surface area contributed by atoms with Crippen molar-refractivity contribution in [3.05, 3.63) is 54.1 Å². The van der Waals surface area contributed by atoms with Crippen LogP contribution in [0.25, 0.3) is 0 Å². The number of rotatable bonds is 7. The number of nitrogens with one attached hydrogen (secondary N) is 1. The predicted molar refractivity (Wildman–Crippen MR) is 122 cm³/mol. The number of benzene rings is 2. The molecule has 1 aliphatic heterocycles. The van der Waals surface area contributed by atoms with Gasteiger partial charge >= 0.3 is 0 Å². The van der Waals surface area contributed by atoms with E-state index in [0.29, 0.717) is 12.2 Å². The minimum atomic E-state index is -0.426. The molecular weight excluding hydrogens is 390 g/mol. The van der Waals surface area contributed by atoms with Crippen molar-refractivity contribution in [2.75, 3.05) is 5.32 Å². The summed E-state index contributed by atoms with van der Waals surface area (Å²) in [6.45, 7) is 6.07. The second-order valence-corrected chi connectivity index (χ2v) is 9.17. The molecule has 2 atom stereocenters. The Bertz CT molecular complexity index is 904. The molecule has 1 fully saturated rings. The molecule has 0 saturated heterocycles. The summed E-state index contributed by atoms with van der Waals surface area (Å²) in [4.78, 5) is 11.8. The summed E-state index contributed by atoms with van der Waals surface area (Å²) >= 11 is 0. The standard InChI is InChI=1S/C26H33NO4/c1-4-24(28)27-18-10-9-13-20(16-18)30-25(29-19-11-5-6-12-19)22-17-26(2,3)31-23-15-8-7-14-21(22)23/h7-10,13-16,19,22,25H,4-6,11-12,17H2,1-3H3,(H,27,28). The first-order valence-electron chi connectivity index (χ1n) is 11.4. The number of para-hydroxylation sites is 1. The largest absolute Gasteiger partial charge is 0.488 e. The first-order valence-corrected chi connectivity index (χ1v) is 11.4. The Balaban J connectivity index is 1.62. The highest BCUT2D eigenvalue weighted by Gasteiger charge is 2.40. The van der Waals surface area contributed by atoms with E-state index in [1.165, 1.54) is 12.8 Å². The minimum Gasteiger partial charge on any atom is -0.488 e. The third-order valence-corrected chi connectivity index (χ3v) is 6.06. The summed E-state index contributed by atoms with van der Waals surface area (Å²) in [5, 5.41) is 2.91. The van der Waals surface area contributed by atoms with E-state index in [1.807, 2.05) is 49.4 Å². The predicted octanol–water partition coefficient (Wildman–Crippen LogP) is 6.04. The van der Waals surface area contributed by atoms with Crippen LogP contribution in [0.5, 0.6) is 11.5 Å². The number of fused-ring (bicyclic) bond motifs is 1. The Hall–Kier alpha value is -2.53. The summed E-state index contributed by atoms with van der Waals surface area (Å²) in [6.07, 6.45) is 5.56. The number of amides is 1. The Morgan fingerprint density at radius 3 is 2.71 bits per heavy atom. The van der Waals surface area contributed by atoms with Crippen LogP contribution in [0.4, 0.5) is 5.69 Å². The molecule has 1 aliphatic carbocycles. The normalized spacial score (nSPS) is 21.1. The van der Waals surface area contributed by atoms with E-state index in [1.54, 1.807) is 0 Å². The first-order chi connectivity index (χ1) is 14.9. The lowest BCUT2D eigenvalue weighted by Crippen LogP contribution is -2.42. The monoisotopic (exact) mass is 423 g/mol. The summed E-state index contributed by atoms with van der Waals surface area (Å²) in [6, 6.07) is 15.7. The first kappa shape index (κ1) is 21.7. The van der Waals surface area contributed by atoms with Gasteiger partial charge in [0.1, 0.15) is 17.1 Å². The molecule has 0 bridgehead atoms. The highest BCUT2D eigenvalue weighted by molar-refractivity contribution is 5.90. The van der Waals surface area contributed by atoms with Crippen molar-refractivity contribution in [1.82, 2.24) is 0 Å². The lowest BCUT2D eigenvalue weighted by Gasteiger charge is -2.41. The van der Waals surface area contributed by atoms with Gasteiger partial charge in [-0.1, -0.05) is 44.0 Å². The maximum Gasteiger partial charge on any atom is 0.224 e. The average molecular weight is 424 g/mol. The number of hydrogen-bond acceptors (Lipinski definition) is 4. The minimum absolute atomic E-state index is 0.0176. The van der Waals surface area contributed by atoms with Gasteiger partial charge in [-0.15, -0.1) is 0 Å². The van der Waals surface area contributed by atoms with Gasteiger partial charge in [0.2, 0.25) is 12.2 Å². The van der Waals surface area contributed by atoms with Gasteiger partial charge in [0, 0.05) is 23.7 Å². The second-order valence-electron chi connectivity index (χ2n) is 9.17. The Kier molecular flexibility index (Phi) is 6.51. The summed E-state index contributed by atoms with van der Waals surface area (Å²) < 4.78 is 19.3. The topological polar surface area (TPSA) is 56.8 Å². The summed E-state index contributed by atoms with van der Waals surface area (Å²) in [7, 11) is 0. The second kappa shape index (κ2) is 9.31. The number of carbonyl (C=O) groups excluding carboxylic acids is 1. The fraction of sp³-hybridized carbons (Fsp3) is 0.500. The number of ether oxygens (including phenoxy) is 3. The number of carbonyl (C=O) groups is 1. The van der Waals surface area contributed by atoms with Gasteiger partial charge < -0.3 is 19.5 Å². The third kappa shape index (κ3) is 5.40. The van der Waals surface area contributed by atoms with E-state index >= 15 is 0 Å². The van der Waals surface area contributed by atoms with Gasteiger partial charge in [-0.3, -0.25) is 4.79 Å². The quantitative estimate of drug-likeness (QED) is 0.551. The highest BCUT2D eigenvalue weighted by Crippen LogP contribution is 2.44. The maximum absolute atomic E-state index is 11.8. The van der Waals surface area contributed by atoms with Crippen LogP contribution in [-0.4, -0.2) is 23.9 Å². The number of anilines is 1. The van der Waals surface area contributed by atoms with E-state index < -0.39 is 6.29 Å². The van der Waals surface area contributed by atoms with E-state index in [9.17, 15) is 4.79 Å². The van der Waals surface area contributed by atoms with Gasteiger partial charge in [-0.25, -0.2) is 0 Å². The Morgan fingerprint density at radius 1 is 1.16 bits per heavy atom. The molecular formula is C26H33NO4. The molecule has 31 heavy (non-hydrogen) atoms. The molecule has 5 heteroatoms. The van der Waals surface area contributed by atoms with Crippen LogP contribution < -0.4 is 14.8 Å². The van der Waals surface area contributed by atoms with Crippen LogP contribution in [0.3, 0.4) is 0 Å². The van der Waals surface area contributed by atoms with Crippen LogP contribution in [0.15, 0.2) is 48.5 Å². The van der Waals surface area contributed by atoms with Crippen molar-refractivity contribution in [1.29, 1.82) is 0 Å². The fourth-order valence-corrected chi connectivity index (χ4v) is 4.55. The van der Waals surface area contributed by atoms with Crippen molar-refractivity contribution in [3.8, 4) is 11.5 Å². The summed E-state index contributed by atoms with van der Waals surface area (Å²) in [5.74, 6) is 1.63. The molecule has 1 saturated carbocycles. The smallest absolute Gasteiger partial charge is 0.224 e. The van der Waals surface area contributed by atoms with E-state index in [2.05, 4.69) is 25.2 Å². The zero-order valence-corrected chi connectivity index (χ0v) is 18.7. The van der Waals surface area contributed by atoms with E-state index in [-0.39, 0.29) is 23.5 Å². The van der Waals surface area contributed by atoms with Crippen molar-refractivity contribution in [3.63, 3.8) is 0 Å². The Labute approximate surface area is 185 Å². The van der Waals surface area contributed by atoms with Gasteiger partial charge in [-0.2, -0.15) is 0 Å². The van der Waals surface area contributed by atoms with Crippen LogP contribution in [0.2, 0.25) is 0 Å². The van der Waals surface area contributed by atoms with Crippen molar-refractivity contribution in [2.45, 2.75) is 83.2 Å². The molecule has 1 heterocycles. The zero-order valence-electron chi connectivity index (χ0n) is 18.7. The van der Waals surface area contributed by atoms with Crippen LogP contribution in [0, 0.1) is 0 Å². The average Bonchev–Trinajstić information content (AvgIpc) is 3.25. The van der Waals surface area contributed by atoms with Gasteiger partial charge in [0.25, 0.3) is 0 Å². The summed E-state index contributed by atoms with van der Waals surface area (Å²) in [5.41, 5.74) is 1.55. The molecule has 5 nitrogen and oxygen atoms in total. The maximum atomic E-state index is 11.8. The molecule has 2 aromatic carbocycles. The van der Waals surface area contributed by atoms with E-state index in [4.69, 9.17) is 14.2 Å². The molecule has 0 aromatic heterocycles. The Morgan fingerprint density at radius 2 is 1.94 bits per heavy atom. The molecule has 2 aliphatic rings. The van der Waals surface area contributed by atoms with Gasteiger partial charge in [-0.05, 0) is 51.3 Å². The van der Waals surface area contributed by atoms with Gasteiger partial charge in [0.15, 0.2) is 0 Å². The SMILES string of the molecule is CCC(=O)Nc1cccc(OC(OC2CCCC2)C2CC(C)(C)Oc3ccccc32)c1. The molecule has 166 valence electrons. The molecule has 1 amide bonds. The third-order valence-electron chi connectivity index (χ3n) is 6.06. The molecule has 0 radical (unpaired) electrons. The molecule has 0 spiro atoms. The zero-order chi connectivity index (χ0) is 21.8. The number of hydrogen-bond donors (Lipinski definition) is 1. The lowest BCUT2D eigenvalue weighted by molar-refractivity contribution is -0.142.